The number of carbonyl (C=O) groups is 1. The molecule has 2 aromatic rings. The predicted molar refractivity (Wildman–Crippen MR) is 90.1 cm³/mol. The molecular formula is C19H22N2O. The number of benzene rings is 1. The topological polar surface area (TPSA) is 42.0 Å². The van der Waals surface area contributed by atoms with Crippen molar-refractivity contribution in [3.05, 3.63) is 71.6 Å². The zero-order chi connectivity index (χ0) is 15.9. The van der Waals surface area contributed by atoms with E-state index in [1.165, 1.54) is 5.56 Å². The van der Waals surface area contributed by atoms with Crippen molar-refractivity contribution in [3.63, 3.8) is 0 Å². The van der Waals surface area contributed by atoms with Gasteiger partial charge in [0.2, 0.25) is 5.91 Å². The molecule has 3 nitrogen and oxygen atoms in total. The van der Waals surface area contributed by atoms with Gasteiger partial charge in [0.15, 0.2) is 0 Å². The number of pyridine rings is 1. The highest BCUT2D eigenvalue weighted by Crippen LogP contribution is 2.23. The molecule has 1 heterocycles. The Morgan fingerprint density at radius 1 is 1.23 bits per heavy atom. The van der Waals surface area contributed by atoms with Gasteiger partial charge in [-0.2, -0.15) is 0 Å². The van der Waals surface area contributed by atoms with Crippen LogP contribution in [-0.2, 0) is 11.3 Å². The van der Waals surface area contributed by atoms with Crippen molar-refractivity contribution in [2.45, 2.75) is 27.3 Å². The lowest BCUT2D eigenvalue weighted by atomic mass is 9.94. The van der Waals surface area contributed by atoms with Crippen LogP contribution in [0.25, 0.3) is 5.57 Å². The van der Waals surface area contributed by atoms with Gasteiger partial charge in [-0.15, -0.1) is 0 Å². The molecule has 1 N–H and O–H groups in total. The average molecular weight is 294 g/mol. The van der Waals surface area contributed by atoms with E-state index in [9.17, 15) is 4.79 Å². The van der Waals surface area contributed by atoms with Gasteiger partial charge in [-0.05, 0) is 35.6 Å². The molecule has 0 radical (unpaired) electrons. The fourth-order valence-corrected chi connectivity index (χ4v) is 2.21. The molecular weight excluding hydrogens is 272 g/mol. The van der Waals surface area contributed by atoms with Crippen molar-refractivity contribution in [2.75, 3.05) is 0 Å². The lowest BCUT2D eigenvalue weighted by Crippen LogP contribution is -2.21. The maximum absolute atomic E-state index is 12.2. The van der Waals surface area contributed by atoms with Crippen LogP contribution < -0.4 is 5.32 Å². The van der Waals surface area contributed by atoms with Gasteiger partial charge in [-0.25, -0.2) is 0 Å². The first-order chi connectivity index (χ1) is 10.6. The third-order valence-corrected chi connectivity index (χ3v) is 3.48. The Hall–Kier alpha value is -2.42. The van der Waals surface area contributed by atoms with Crippen LogP contribution in [0.2, 0.25) is 0 Å². The first-order valence-electron chi connectivity index (χ1n) is 7.51. The van der Waals surface area contributed by atoms with Crippen LogP contribution in [0.5, 0.6) is 0 Å². The van der Waals surface area contributed by atoms with E-state index < -0.39 is 0 Å². The fraction of sp³-hybridized carbons (Fsp3) is 0.263. The van der Waals surface area contributed by atoms with E-state index in [0.29, 0.717) is 6.54 Å². The molecule has 0 aliphatic carbocycles. The molecule has 0 atom stereocenters. The molecule has 1 aromatic heterocycles. The molecule has 1 aromatic carbocycles. The van der Waals surface area contributed by atoms with Gasteiger partial charge in [0.05, 0.1) is 0 Å². The summed E-state index contributed by atoms with van der Waals surface area (Å²) in [6, 6.07) is 12.1. The highest BCUT2D eigenvalue weighted by Gasteiger charge is 2.09. The third kappa shape index (κ3) is 4.55. The van der Waals surface area contributed by atoms with Crippen LogP contribution in [0, 0.1) is 12.8 Å². The number of allylic oxidation sites excluding steroid dienone is 1. The molecule has 0 saturated heterocycles. The Balaban J connectivity index is 2.09. The van der Waals surface area contributed by atoms with Crippen LogP contribution in [0.3, 0.4) is 0 Å². The quantitative estimate of drug-likeness (QED) is 0.853. The third-order valence-electron chi connectivity index (χ3n) is 3.48. The van der Waals surface area contributed by atoms with Crippen LogP contribution in [0.15, 0.2) is 54.9 Å². The van der Waals surface area contributed by atoms with Gasteiger partial charge < -0.3 is 5.32 Å². The molecule has 3 heteroatoms. The highest BCUT2D eigenvalue weighted by molar-refractivity contribution is 5.95. The number of amides is 1. The first kappa shape index (κ1) is 16.0. The molecule has 0 unspecified atom stereocenters. The standard InChI is InChI=1S/C19H22N2O/c1-14(2)18(17-8-6-15(3)7-9-17)11-19(22)21-13-16-5-4-10-20-12-16/h4-12,14H,13H2,1-3H3,(H,21,22)/b18-11+. The van der Waals surface area contributed by atoms with Crippen molar-refractivity contribution in [3.8, 4) is 0 Å². The number of aryl methyl sites for hydroxylation is 1. The van der Waals surface area contributed by atoms with Crippen LogP contribution >= 0.6 is 0 Å². The minimum atomic E-state index is -0.0758. The Kier molecular flexibility index (Phi) is 5.48. The van der Waals surface area contributed by atoms with Crippen molar-refractivity contribution in [1.29, 1.82) is 0 Å². The van der Waals surface area contributed by atoms with Gasteiger partial charge in [0, 0.05) is 25.0 Å². The van der Waals surface area contributed by atoms with E-state index in [1.54, 1.807) is 18.5 Å². The molecule has 2 rings (SSSR count). The summed E-state index contributed by atoms with van der Waals surface area (Å²) in [6.45, 7) is 6.74. The van der Waals surface area contributed by atoms with Crippen molar-refractivity contribution >= 4 is 11.5 Å². The van der Waals surface area contributed by atoms with Crippen LogP contribution in [0.4, 0.5) is 0 Å². The van der Waals surface area contributed by atoms with E-state index in [4.69, 9.17) is 0 Å². The molecule has 0 saturated carbocycles. The minimum Gasteiger partial charge on any atom is -0.348 e. The number of nitrogens with zero attached hydrogens (tertiary/aromatic N) is 1. The lowest BCUT2D eigenvalue weighted by molar-refractivity contribution is -0.116. The predicted octanol–water partition coefficient (Wildman–Crippen LogP) is 3.75. The maximum Gasteiger partial charge on any atom is 0.244 e. The molecule has 0 bridgehead atoms. The molecule has 0 spiro atoms. The second kappa shape index (κ2) is 7.55. The largest absolute Gasteiger partial charge is 0.348 e. The Labute approximate surface area is 132 Å². The Morgan fingerprint density at radius 2 is 1.95 bits per heavy atom. The zero-order valence-electron chi connectivity index (χ0n) is 13.3. The van der Waals surface area contributed by atoms with Crippen molar-refractivity contribution in [2.24, 2.45) is 5.92 Å². The van der Waals surface area contributed by atoms with E-state index in [0.717, 1.165) is 16.7 Å². The summed E-state index contributed by atoms with van der Waals surface area (Å²) in [5.41, 5.74) is 4.35. The van der Waals surface area contributed by atoms with Gasteiger partial charge in [0.25, 0.3) is 0 Å². The number of nitrogens with one attached hydrogen (secondary N) is 1. The molecule has 114 valence electrons. The fourth-order valence-electron chi connectivity index (χ4n) is 2.21. The normalized spacial score (nSPS) is 11.5. The highest BCUT2D eigenvalue weighted by atomic mass is 16.1. The summed E-state index contributed by atoms with van der Waals surface area (Å²) >= 11 is 0. The second-order valence-electron chi connectivity index (χ2n) is 5.70. The van der Waals surface area contributed by atoms with Crippen molar-refractivity contribution < 1.29 is 4.79 Å². The molecule has 0 aliphatic heterocycles. The van der Waals surface area contributed by atoms with E-state index in [-0.39, 0.29) is 11.8 Å². The number of hydrogen-bond donors (Lipinski definition) is 1. The monoisotopic (exact) mass is 294 g/mol. The summed E-state index contributed by atoms with van der Waals surface area (Å²) < 4.78 is 0. The number of hydrogen-bond acceptors (Lipinski definition) is 2. The first-order valence-corrected chi connectivity index (χ1v) is 7.51. The van der Waals surface area contributed by atoms with Crippen LogP contribution in [0.1, 0.15) is 30.5 Å². The van der Waals surface area contributed by atoms with E-state index in [1.807, 2.05) is 12.1 Å². The molecule has 0 aliphatic rings. The van der Waals surface area contributed by atoms with Gasteiger partial charge >= 0.3 is 0 Å². The van der Waals surface area contributed by atoms with Gasteiger partial charge in [-0.1, -0.05) is 49.7 Å². The Bertz CT molecular complexity index is 643. The molecule has 0 fully saturated rings. The number of rotatable bonds is 5. The lowest BCUT2D eigenvalue weighted by Gasteiger charge is -2.12. The summed E-state index contributed by atoms with van der Waals surface area (Å²) in [4.78, 5) is 16.2. The SMILES string of the molecule is Cc1ccc(/C(=C/C(=O)NCc2cccnc2)C(C)C)cc1. The molecule has 22 heavy (non-hydrogen) atoms. The summed E-state index contributed by atoms with van der Waals surface area (Å²) in [7, 11) is 0. The number of carbonyl (C=O) groups excluding carboxylic acids is 1. The van der Waals surface area contributed by atoms with Crippen LogP contribution in [-0.4, -0.2) is 10.9 Å². The van der Waals surface area contributed by atoms with E-state index in [2.05, 4.69) is 55.3 Å². The molecule has 1 amide bonds. The summed E-state index contributed by atoms with van der Waals surface area (Å²) in [5.74, 6) is 0.208. The summed E-state index contributed by atoms with van der Waals surface area (Å²) in [6.07, 6.45) is 5.18. The summed E-state index contributed by atoms with van der Waals surface area (Å²) in [5, 5.41) is 2.91. The average Bonchev–Trinajstić information content (AvgIpc) is 2.52. The number of aromatic nitrogens is 1. The second-order valence-corrected chi connectivity index (χ2v) is 5.70. The zero-order valence-corrected chi connectivity index (χ0v) is 13.3. The van der Waals surface area contributed by atoms with Gasteiger partial charge in [0.1, 0.15) is 0 Å². The van der Waals surface area contributed by atoms with Crippen molar-refractivity contribution in [1.82, 2.24) is 10.3 Å². The van der Waals surface area contributed by atoms with Gasteiger partial charge in [-0.3, -0.25) is 9.78 Å². The maximum atomic E-state index is 12.2. The Morgan fingerprint density at radius 3 is 2.55 bits per heavy atom. The van der Waals surface area contributed by atoms with E-state index >= 15 is 0 Å². The minimum absolute atomic E-state index is 0.0758. The smallest absolute Gasteiger partial charge is 0.244 e.